The van der Waals surface area contributed by atoms with E-state index in [0.29, 0.717) is 11.7 Å². The molecule has 0 bridgehead atoms. The van der Waals surface area contributed by atoms with E-state index in [0.717, 1.165) is 17.5 Å². The summed E-state index contributed by atoms with van der Waals surface area (Å²) in [6.07, 6.45) is 1.02. The van der Waals surface area contributed by atoms with Crippen LogP contribution < -0.4 is 5.73 Å². The molecule has 1 aromatic rings. The lowest BCUT2D eigenvalue weighted by molar-refractivity contribution is 0.417. The van der Waals surface area contributed by atoms with Crippen molar-refractivity contribution in [2.24, 2.45) is 11.7 Å². The Hall–Kier alpha value is -1.02. The van der Waals surface area contributed by atoms with E-state index in [1.807, 2.05) is 25.1 Å². The normalized spacial score (nSPS) is 15.1. The van der Waals surface area contributed by atoms with Crippen molar-refractivity contribution in [2.75, 3.05) is 0 Å². The highest BCUT2D eigenvalue weighted by Gasteiger charge is 2.16. The number of hydrogen-bond acceptors (Lipinski definition) is 2. The van der Waals surface area contributed by atoms with Crippen LogP contribution in [0.2, 0.25) is 0 Å². The van der Waals surface area contributed by atoms with Crippen molar-refractivity contribution in [3.8, 4) is 5.75 Å². The van der Waals surface area contributed by atoms with E-state index in [4.69, 9.17) is 5.73 Å². The minimum Gasteiger partial charge on any atom is -0.507 e. The van der Waals surface area contributed by atoms with Crippen LogP contribution in [0, 0.1) is 12.8 Å². The molecule has 0 aliphatic heterocycles. The predicted octanol–water partition coefficient (Wildman–Crippen LogP) is 2.75. The van der Waals surface area contributed by atoms with Gasteiger partial charge in [-0.05, 0) is 18.4 Å². The second-order valence-electron chi connectivity index (χ2n) is 3.92. The van der Waals surface area contributed by atoms with Gasteiger partial charge in [0.25, 0.3) is 0 Å². The second kappa shape index (κ2) is 4.47. The second-order valence-corrected chi connectivity index (χ2v) is 3.92. The molecular weight excluding hydrogens is 174 g/mol. The molecule has 0 heterocycles. The molecule has 1 unspecified atom stereocenters. The summed E-state index contributed by atoms with van der Waals surface area (Å²) >= 11 is 0. The number of aryl methyl sites for hydroxylation is 1. The number of aromatic hydroxyl groups is 1. The first kappa shape index (κ1) is 11.1. The molecule has 0 aromatic heterocycles. The van der Waals surface area contributed by atoms with E-state index in [1.165, 1.54) is 0 Å². The van der Waals surface area contributed by atoms with Crippen LogP contribution in [0.1, 0.15) is 37.4 Å². The van der Waals surface area contributed by atoms with Gasteiger partial charge in [-0.15, -0.1) is 0 Å². The summed E-state index contributed by atoms with van der Waals surface area (Å²) in [5.41, 5.74) is 7.81. The van der Waals surface area contributed by atoms with Gasteiger partial charge in [0.2, 0.25) is 0 Å². The van der Waals surface area contributed by atoms with Gasteiger partial charge in [-0.1, -0.05) is 38.5 Å². The molecule has 0 radical (unpaired) electrons. The summed E-state index contributed by atoms with van der Waals surface area (Å²) in [7, 11) is 0. The molecule has 2 atom stereocenters. The van der Waals surface area contributed by atoms with Crippen molar-refractivity contribution in [3.63, 3.8) is 0 Å². The molecular formula is C12H19NO. The summed E-state index contributed by atoms with van der Waals surface area (Å²) < 4.78 is 0. The van der Waals surface area contributed by atoms with Crippen molar-refractivity contribution in [2.45, 2.75) is 33.2 Å². The highest BCUT2D eigenvalue weighted by Crippen LogP contribution is 2.30. The van der Waals surface area contributed by atoms with Crippen LogP contribution in [-0.2, 0) is 0 Å². The minimum atomic E-state index is -0.0695. The molecule has 0 aliphatic carbocycles. The Morgan fingerprint density at radius 1 is 1.43 bits per heavy atom. The smallest absolute Gasteiger partial charge is 0.123 e. The summed E-state index contributed by atoms with van der Waals surface area (Å²) in [6, 6.07) is 5.66. The van der Waals surface area contributed by atoms with Crippen LogP contribution in [0.4, 0.5) is 0 Å². The van der Waals surface area contributed by atoms with E-state index in [9.17, 15) is 5.11 Å². The van der Waals surface area contributed by atoms with Crippen molar-refractivity contribution in [1.29, 1.82) is 0 Å². The number of rotatable bonds is 3. The van der Waals surface area contributed by atoms with Crippen LogP contribution in [0.15, 0.2) is 18.2 Å². The fraction of sp³-hybridized carbons (Fsp3) is 0.500. The highest BCUT2D eigenvalue weighted by molar-refractivity contribution is 5.41. The van der Waals surface area contributed by atoms with Crippen LogP contribution in [0.3, 0.4) is 0 Å². The first-order valence-electron chi connectivity index (χ1n) is 5.12. The summed E-state index contributed by atoms with van der Waals surface area (Å²) in [5.74, 6) is 0.739. The highest BCUT2D eigenvalue weighted by atomic mass is 16.3. The van der Waals surface area contributed by atoms with Crippen molar-refractivity contribution in [3.05, 3.63) is 29.3 Å². The number of hydrogen-bond donors (Lipinski definition) is 2. The Morgan fingerprint density at radius 2 is 2.07 bits per heavy atom. The molecule has 0 aliphatic rings. The van der Waals surface area contributed by atoms with Crippen molar-refractivity contribution >= 4 is 0 Å². The largest absolute Gasteiger partial charge is 0.507 e. The molecule has 3 N–H and O–H groups in total. The standard InChI is InChI=1S/C12H19NO/c1-4-8(2)11(13)10-7-5-6-9(3)12(10)14/h5-8,11,14H,4,13H2,1-3H3/t8?,11-/m0/s1. The SMILES string of the molecule is CCC(C)[C@H](N)c1cccc(C)c1O. The predicted molar refractivity (Wildman–Crippen MR) is 59.2 cm³/mol. The quantitative estimate of drug-likeness (QED) is 0.775. The number of benzene rings is 1. The fourth-order valence-electron chi connectivity index (χ4n) is 1.51. The van der Waals surface area contributed by atoms with E-state index >= 15 is 0 Å². The van der Waals surface area contributed by atoms with Crippen LogP contribution in [0.25, 0.3) is 0 Å². The first-order valence-corrected chi connectivity index (χ1v) is 5.12. The molecule has 0 spiro atoms. The Morgan fingerprint density at radius 3 is 2.64 bits per heavy atom. The third-order valence-corrected chi connectivity index (χ3v) is 2.89. The monoisotopic (exact) mass is 193 g/mol. The number of phenolic OH excluding ortho intramolecular Hbond substituents is 1. The topological polar surface area (TPSA) is 46.2 Å². The zero-order chi connectivity index (χ0) is 10.7. The van der Waals surface area contributed by atoms with Gasteiger partial charge in [0.1, 0.15) is 5.75 Å². The van der Waals surface area contributed by atoms with Crippen LogP contribution in [0.5, 0.6) is 5.75 Å². The maximum atomic E-state index is 9.83. The van der Waals surface area contributed by atoms with E-state index in [1.54, 1.807) is 0 Å². The summed E-state index contributed by atoms with van der Waals surface area (Å²) in [4.78, 5) is 0. The van der Waals surface area contributed by atoms with Crippen LogP contribution >= 0.6 is 0 Å². The maximum absolute atomic E-state index is 9.83. The first-order chi connectivity index (χ1) is 6.57. The van der Waals surface area contributed by atoms with Gasteiger partial charge >= 0.3 is 0 Å². The van der Waals surface area contributed by atoms with Gasteiger partial charge in [-0.3, -0.25) is 0 Å². The van der Waals surface area contributed by atoms with Crippen molar-refractivity contribution in [1.82, 2.24) is 0 Å². The van der Waals surface area contributed by atoms with E-state index in [-0.39, 0.29) is 6.04 Å². The van der Waals surface area contributed by atoms with Gasteiger partial charge in [0.15, 0.2) is 0 Å². The average Bonchev–Trinajstić information content (AvgIpc) is 2.20. The molecule has 0 fully saturated rings. The number of phenols is 1. The lowest BCUT2D eigenvalue weighted by Gasteiger charge is -2.20. The molecule has 0 saturated carbocycles. The number of para-hydroxylation sites is 1. The lowest BCUT2D eigenvalue weighted by Crippen LogP contribution is -2.18. The molecule has 2 heteroatoms. The van der Waals surface area contributed by atoms with E-state index < -0.39 is 0 Å². The Bertz CT molecular complexity index is 309. The molecule has 14 heavy (non-hydrogen) atoms. The minimum absolute atomic E-state index is 0.0695. The summed E-state index contributed by atoms with van der Waals surface area (Å²) in [6.45, 7) is 6.10. The Balaban J connectivity index is 3.01. The zero-order valence-electron chi connectivity index (χ0n) is 9.12. The molecule has 0 amide bonds. The third-order valence-electron chi connectivity index (χ3n) is 2.89. The molecule has 1 aromatic carbocycles. The van der Waals surface area contributed by atoms with Crippen LogP contribution in [-0.4, -0.2) is 5.11 Å². The molecule has 2 nitrogen and oxygen atoms in total. The molecule has 0 saturated heterocycles. The maximum Gasteiger partial charge on any atom is 0.123 e. The zero-order valence-corrected chi connectivity index (χ0v) is 9.12. The van der Waals surface area contributed by atoms with Gasteiger partial charge in [0.05, 0.1) is 0 Å². The van der Waals surface area contributed by atoms with Gasteiger partial charge in [0, 0.05) is 11.6 Å². The van der Waals surface area contributed by atoms with E-state index in [2.05, 4.69) is 13.8 Å². The summed E-state index contributed by atoms with van der Waals surface area (Å²) in [5, 5.41) is 9.83. The average molecular weight is 193 g/mol. The van der Waals surface area contributed by atoms with Gasteiger partial charge in [-0.2, -0.15) is 0 Å². The third kappa shape index (κ3) is 2.07. The fourth-order valence-corrected chi connectivity index (χ4v) is 1.51. The molecule has 1 rings (SSSR count). The number of nitrogens with two attached hydrogens (primary N) is 1. The molecule has 78 valence electrons. The van der Waals surface area contributed by atoms with Gasteiger partial charge < -0.3 is 10.8 Å². The van der Waals surface area contributed by atoms with Crippen molar-refractivity contribution < 1.29 is 5.11 Å². The van der Waals surface area contributed by atoms with Gasteiger partial charge in [-0.25, -0.2) is 0 Å². The Labute approximate surface area is 85.8 Å². The Kier molecular flexibility index (Phi) is 3.53. The lowest BCUT2D eigenvalue weighted by atomic mass is 9.92.